The maximum Gasteiger partial charge on any atom is 0.346 e. The predicted molar refractivity (Wildman–Crippen MR) is 96.2 cm³/mol. The van der Waals surface area contributed by atoms with Crippen molar-refractivity contribution < 1.29 is 0 Å². The number of para-hydroxylation sites is 1. The second-order valence-corrected chi connectivity index (χ2v) is 8.03. The highest BCUT2D eigenvalue weighted by atomic mass is 79.9. The van der Waals surface area contributed by atoms with E-state index in [2.05, 4.69) is 16.1 Å². The molecule has 1 aromatic heterocycles. The Morgan fingerprint density at radius 2 is 1.83 bits per heavy atom. The standard InChI is InChI=1S/C14H10BrCl2N3O2S/c1-7-4-3-5-8(2)10(7)19-12(23-13(16)17)9(6-18)11(21)20(15)14(19)22/h3-5,13H,1-2H3. The van der Waals surface area contributed by atoms with Crippen molar-refractivity contribution in [2.45, 2.75) is 23.0 Å². The van der Waals surface area contributed by atoms with Crippen molar-refractivity contribution in [1.82, 2.24) is 8.16 Å². The minimum absolute atomic E-state index is 0.116. The topological polar surface area (TPSA) is 67.8 Å². The van der Waals surface area contributed by atoms with E-state index in [-0.39, 0.29) is 10.6 Å². The molecule has 1 aromatic carbocycles. The Morgan fingerprint density at radius 1 is 1.26 bits per heavy atom. The maximum absolute atomic E-state index is 12.6. The zero-order chi connectivity index (χ0) is 17.3. The van der Waals surface area contributed by atoms with Gasteiger partial charge in [-0.3, -0.25) is 9.36 Å². The van der Waals surface area contributed by atoms with Gasteiger partial charge in [0.15, 0.2) is 4.17 Å². The van der Waals surface area contributed by atoms with E-state index < -0.39 is 15.4 Å². The van der Waals surface area contributed by atoms with Crippen LogP contribution in [0.3, 0.4) is 0 Å². The Kier molecular flexibility index (Phi) is 5.63. The van der Waals surface area contributed by atoms with Gasteiger partial charge in [0.2, 0.25) is 0 Å². The SMILES string of the molecule is Cc1cccc(C)c1-n1c(SC(Cl)Cl)c(C#N)c(=O)n(Br)c1=O. The van der Waals surface area contributed by atoms with Crippen LogP contribution < -0.4 is 11.2 Å². The van der Waals surface area contributed by atoms with E-state index in [1.165, 1.54) is 4.57 Å². The molecule has 0 unspecified atom stereocenters. The summed E-state index contributed by atoms with van der Waals surface area (Å²) in [6.45, 7) is 3.66. The largest absolute Gasteiger partial charge is 0.346 e. The van der Waals surface area contributed by atoms with Gasteiger partial charge in [-0.25, -0.2) is 4.79 Å². The molecular formula is C14H10BrCl2N3O2S. The van der Waals surface area contributed by atoms with Gasteiger partial charge in [-0.2, -0.15) is 8.86 Å². The molecule has 0 radical (unpaired) electrons. The van der Waals surface area contributed by atoms with Gasteiger partial charge >= 0.3 is 5.69 Å². The van der Waals surface area contributed by atoms with Gasteiger partial charge < -0.3 is 0 Å². The highest BCUT2D eigenvalue weighted by molar-refractivity contribution is 9.08. The fourth-order valence-corrected chi connectivity index (χ4v) is 3.75. The maximum atomic E-state index is 12.6. The first-order valence-electron chi connectivity index (χ1n) is 6.29. The summed E-state index contributed by atoms with van der Waals surface area (Å²) in [5.41, 5.74) is 0.604. The Bertz CT molecular complexity index is 911. The van der Waals surface area contributed by atoms with Crippen LogP contribution in [0.1, 0.15) is 16.7 Å². The lowest BCUT2D eigenvalue weighted by molar-refractivity contribution is 0.774. The highest BCUT2D eigenvalue weighted by Crippen LogP contribution is 2.32. The van der Waals surface area contributed by atoms with Crippen molar-refractivity contribution in [3.63, 3.8) is 0 Å². The predicted octanol–water partition coefficient (Wildman–Crippen LogP) is 3.50. The summed E-state index contributed by atoms with van der Waals surface area (Å²) in [6, 6.07) is 7.34. The number of aromatic nitrogens is 2. The van der Waals surface area contributed by atoms with Crippen LogP contribution in [-0.4, -0.2) is 12.3 Å². The molecule has 2 aromatic rings. The van der Waals surface area contributed by atoms with Crippen LogP contribution in [0, 0.1) is 25.2 Å². The molecule has 9 heteroatoms. The van der Waals surface area contributed by atoms with Crippen LogP contribution in [0.5, 0.6) is 0 Å². The van der Waals surface area contributed by atoms with Gasteiger partial charge in [0, 0.05) is 0 Å². The monoisotopic (exact) mass is 433 g/mol. The average Bonchev–Trinajstić information content (AvgIpc) is 2.48. The molecule has 2 rings (SSSR count). The summed E-state index contributed by atoms with van der Waals surface area (Å²) in [4.78, 5) is 24.8. The van der Waals surface area contributed by atoms with E-state index in [0.717, 1.165) is 26.5 Å². The Morgan fingerprint density at radius 3 is 2.30 bits per heavy atom. The first kappa shape index (κ1) is 18.1. The molecule has 0 aliphatic heterocycles. The van der Waals surface area contributed by atoms with E-state index >= 15 is 0 Å². The summed E-state index contributed by atoms with van der Waals surface area (Å²) < 4.78 is 1.06. The van der Waals surface area contributed by atoms with Gasteiger partial charge in [0.25, 0.3) is 5.56 Å². The van der Waals surface area contributed by atoms with Crippen LogP contribution in [0.15, 0.2) is 32.8 Å². The molecule has 0 saturated heterocycles. The van der Waals surface area contributed by atoms with E-state index in [9.17, 15) is 14.9 Å². The van der Waals surface area contributed by atoms with E-state index in [0.29, 0.717) is 5.69 Å². The quantitative estimate of drug-likeness (QED) is 0.421. The lowest BCUT2D eigenvalue weighted by Crippen LogP contribution is -2.37. The molecular weight excluding hydrogens is 425 g/mol. The molecule has 0 atom stereocenters. The molecule has 0 fully saturated rings. The lowest BCUT2D eigenvalue weighted by Gasteiger charge is -2.18. The van der Waals surface area contributed by atoms with Crippen LogP contribution in [0.4, 0.5) is 0 Å². The van der Waals surface area contributed by atoms with Crippen molar-refractivity contribution in [3.8, 4) is 11.8 Å². The van der Waals surface area contributed by atoms with Crippen molar-refractivity contribution in [3.05, 3.63) is 55.7 Å². The van der Waals surface area contributed by atoms with Gasteiger partial charge in [-0.1, -0.05) is 53.2 Å². The average molecular weight is 435 g/mol. The summed E-state index contributed by atoms with van der Waals surface area (Å²) in [7, 11) is 0. The zero-order valence-electron chi connectivity index (χ0n) is 12.0. The molecule has 0 amide bonds. The van der Waals surface area contributed by atoms with Crippen LogP contribution >= 0.6 is 51.1 Å². The first-order valence-corrected chi connectivity index (χ1v) is 8.75. The number of nitriles is 1. The first-order chi connectivity index (χ1) is 10.8. The molecule has 23 heavy (non-hydrogen) atoms. The zero-order valence-corrected chi connectivity index (χ0v) is 15.9. The van der Waals surface area contributed by atoms with Crippen molar-refractivity contribution in [2.24, 2.45) is 0 Å². The highest BCUT2D eigenvalue weighted by Gasteiger charge is 2.23. The smallest absolute Gasteiger partial charge is 0.267 e. The molecule has 0 bridgehead atoms. The van der Waals surface area contributed by atoms with Crippen LogP contribution in [0.2, 0.25) is 0 Å². The molecule has 1 heterocycles. The van der Waals surface area contributed by atoms with E-state index in [4.69, 9.17) is 23.2 Å². The molecule has 0 N–H and O–H groups in total. The second-order valence-electron chi connectivity index (χ2n) is 4.61. The number of alkyl halides is 2. The second kappa shape index (κ2) is 7.14. The van der Waals surface area contributed by atoms with Crippen molar-refractivity contribution in [2.75, 3.05) is 0 Å². The summed E-state index contributed by atoms with van der Waals surface area (Å²) in [5, 5.41) is 9.45. The van der Waals surface area contributed by atoms with Crippen molar-refractivity contribution in [1.29, 1.82) is 5.26 Å². The van der Waals surface area contributed by atoms with Gasteiger partial charge in [0.1, 0.15) is 16.7 Å². The van der Waals surface area contributed by atoms with Gasteiger partial charge in [0.05, 0.1) is 21.8 Å². The van der Waals surface area contributed by atoms with Gasteiger partial charge in [-0.05, 0) is 25.0 Å². The number of aryl methyl sites for hydroxylation is 2. The third-order valence-electron chi connectivity index (χ3n) is 3.14. The Balaban J connectivity index is 3.04. The molecule has 0 aliphatic rings. The minimum atomic E-state index is -0.942. The van der Waals surface area contributed by atoms with E-state index in [1.807, 2.05) is 38.1 Å². The Hall–Kier alpha value is -1.20. The fraction of sp³-hybridized carbons (Fsp3) is 0.214. The number of nitrogens with zero attached hydrogens (tertiary/aromatic N) is 3. The molecule has 120 valence electrons. The number of halogens is 3. The minimum Gasteiger partial charge on any atom is -0.267 e. The lowest BCUT2D eigenvalue weighted by atomic mass is 10.1. The third kappa shape index (κ3) is 3.36. The number of benzene rings is 1. The van der Waals surface area contributed by atoms with E-state index in [1.54, 1.807) is 0 Å². The Labute approximate surface area is 154 Å². The molecule has 0 aliphatic carbocycles. The number of thioether (sulfide) groups is 1. The van der Waals surface area contributed by atoms with Crippen LogP contribution in [-0.2, 0) is 0 Å². The third-order valence-corrected chi connectivity index (χ3v) is 5.09. The normalized spacial score (nSPS) is 10.8. The number of hydrogen-bond acceptors (Lipinski definition) is 4. The number of rotatable bonds is 3. The van der Waals surface area contributed by atoms with Crippen molar-refractivity contribution >= 4 is 51.1 Å². The molecule has 0 saturated carbocycles. The molecule has 0 spiro atoms. The van der Waals surface area contributed by atoms with Gasteiger partial charge in [-0.15, -0.1) is 0 Å². The summed E-state index contributed by atoms with van der Waals surface area (Å²) >= 11 is 15.4. The molecule has 5 nitrogen and oxygen atoms in total. The fourth-order valence-electron chi connectivity index (χ4n) is 2.21. The number of hydrogen-bond donors (Lipinski definition) is 0. The summed E-state index contributed by atoms with van der Waals surface area (Å²) in [5.74, 6) is 0. The van der Waals surface area contributed by atoms with Crippen LogP contribution in [0.25, 0.3) is 5.69 Å². The summed E-state index contributed by atoms with van der Waals surface area (Å²) in [6.07, 6.45) is 0.